The van der Waals surface area contributed by atoms with Crippen molar-refractivity contribution in [1.29, 1.82) is 0 Å². The number of hydrogen-bond donors (Lipinski definition) is 1. The number of anilines is 1. The van der Waals surface area contributed by atoms with Crippen LogP contribution in [-0.4, -0.2) is 11.7 Å². The number of rotatable bonds is 3. The minimum atomic E-state index is -0.610. The molecule has 0 unspecified atom stereocenters. The lowest BCUT2D eigenvalue weighted by Crippen LogP contribution is -2.23. The fourth-order valence-electron chi connectivity index (χ4n) is 2.02. The number of ketones is 1. The molecular formula is C17H17NO2. The van der Waals surface area contributed by atoms with Gasteiger partial charge in [0.2, 0.25) is 0 Å². The summed E-state index contributed by atoms with van der Waals surface area (Å²) in [6.45, 7) is 5.75. The molecule has 0 spiro atoms. The number of nitrogens with one attached hydrogen (secondary N) is 1. The second-order valence-corrected chi connectivity index (χ2v) is 4.97. The van der Waals surface area contributed by atoms with E-state index in [2.05, 4.69) is 5.32 Å². The van der Waals surface area contributed by atoms with Crippen molar-refractivity contribution < 1.29 is 9.59 Å². The second kappa shape index (κ2) is 5.70. The summed E-state index contributed by atoms with van der Waals surface area (Å²) in [4.78, 5) is 24.1. The summed E-state index contributed by atoms with van der Waals surface area (Å²) in [5.74, 6) is -1.12. The Bertz CT molecular complexity index is 657. The Morgan fingerprint density at radius 3 is 2.05 bits per heavy atom. The van der Waals surface area contributed by atoms with Crippen molar-refractivity contribution in [2.24, 2.45) is 0 Å². The summed E-state index contributed by atoms with van der Waals surface area (Å²) in [6, 6.07) is 12.8. The van der Waals surface area contributed by atoms with Gasteiger partial charge in [-0.3, -0.25) is 9.59 Å². The van der Waals surface area contributed by atoms with Gasteiger partial charge in [0, 0.05) is 11.3 Å². The Hall–Kier alpha value is -2.42. The number of benzene rings is 2. The van der Waals surface area contributed by atoms with Crippen molar-refractivity contribution in [3.8, 4) is 0 Å². The number of carbonyl (C=O) groups excluding carboxylic acids is 2. The van der Waals surface area contributed by atoms with Crippen molar-refractivity contribution in [2.45, 2.75) is 20.8 Å². The molecule has 0 aliphatic rings. The molecule has 0 bridgehead atoms. The van der Waals surface area contributed by atoms with E-state index in [-0.39, 0.29) is 0 Å². The second-order valence-electron chi connectivity index (χ2n) is 4.97. The fourth-order valence-corrected chi connectivity index (χ4v) is 2.02. The van der Waals surface area contributed by atoms with E-state index >= 15 is 0 Å². The van der Waals surface area contributed by atoms with Crippen molar-refractivity contribution in [1.82, 2.24) is 0 Å². The van der Waals surface area contributed by atoms with Gasteiger partial charge in [-0.25, -0.2) is 0 Å². The molecular weight excluding hydrogens is 250 g/mol. The van der Waals surface area contributed by atoms with E-state index in [1.165, 1.54) is 0 Å². The Morgan fingerprint density at radius 1 is 0.850 bits per heavy atom. The monoisotopic (exact) mass is 267 g/mol. The third-order valence-electron chi connectivity index (χ3n) is 3.14. The quantitative estimate of drug-likeness (QED) is 0.684. The molecule has 3 nitrogen and oxygen atoms in total. The first-order valence-corrected chi connectivity index (χ1v) is 6.47. The highest BCUT2D eigenvalue weighted by molar-refractivity contribution is 6.46. The number of hydrogen-bond acceptors (Lipinski definition) is 2. The van der Waals surface area contributed by atoms with E-state index in [0.717, 1.165) is 16.7 Å². The number of Topliss-reactive ketones (excluding diaryl/α,β-unsaturated/α-hetero) is 1. The summed E-state index contributed by atoms with van der Waals surface area (Å²) in [5.41, 5.74) is 4.05. The molecule has 20 heavy (non-hydrogen) atoms. The van der Waals surface area contributed by atoms with Gasteiger partial charge in [-0.1, -0.05) is 41.5 Å². The molecule has 1 amide bonds. The summed E-state index contributed by atoms with van der Waals surface area (Å²) >= 11 is 0. The number of carbonyl (C=O) groups is 2. The van der Waals surface area contributed by atoms with Crippen LogP contribution in [0.3, 0.4) is 0 Å². The summed E-state index contributed by atoms with van der Waals surface area (Å²) < 4.78 is 0. The Labute approximate surface area is 118 Å². The van der Waals surface area contributed by atoms with Gasteiger partial charge in [-0.05, 0) is 38.5 Å². The van der Waals surface area contributed by atoms with E-state index in [0.29, 0.717) is 11.3 Å². The highest BCUT2D eigenvalue weighted by Gasteiger charge is 2.18. The molecule has 0 saturated carbocycles. The van der Waals surface area contributed by atoms with Crippen LogP contribution in [0.4, 0.5) is 5.69 Å². The zero-order chi connectivity index (χ0) is 14.7. The molecule has 2 aromatic rings. The Kier molecular flexibility index (Phi) is 3.99. The van der Waals surface area contributed by atoms with Crippen LogP contribution in [0.15, 0.2) is 42.5 Å². The maximum atomic E-state index is 12.1. The highest BCUT2D eigenvalue weighted by atomic mass is 16.2. The molecule has 0 saturated heterocycles. The molecule has 2 aromatic carbocycles. The summed E-state index contributed by atoms with van der Waals surface area (Å²) in [5, 5.41) is 2.62. The maximum absolute atomic E-state index is 12.1. The van der Waals surface area contributed by atoms with Crippen molar-refractivity contribution in [3.05, 3.63) is 64.7 Å². The van der Waals surface area contributed by atoms with E-state index in [1.54, 1.807) is 18.2 Å². The van der Waals surface area contributed by atoms with Crippen LogP contribution in [-0.2, 0) is 4.79 Å². The first kappa shape index (κ1) is 14.0. The standard InChI is InChI=1S/C17H17NO2/c1-11-4-7-14(8-5-11)18-17(20)16(19)15-9-6-12(2)10-13(15)3/h4-10H,1-3H3,(H,18,20). The molecule has 2 rings (SSSR count). The van der Waals surface area contributed by atoms with Crippen LogP contribution in [0, 0.1) is 20.8 Å². The van der Waals surface area contributed by atoms with Crippen LogP contribution in [0.25, 0.3) is 0 Å². The predicted octanol–water partition coefficient (Wildman–Crippen LogP) is 3.43. The van der Waals surface area contributed by atoms with Gasteiger partial charge in [0.1, 0.15) is 0 Å². The molecule has 0 fully saturated rings. The zero-order valence-corrected chi connectivity index (χ0v) is 11.9. The molecule has 0 radical (unpaired) electrons. The first-order valence-electron chi connectivity index (χ1n) is 6.47. The van der Waals surface area contributed by atoms with Gasteiger partial charge in [-0.15, -0.1) is 0 Å². The van der Waals surface area contributed by atoms with Gasteiger partial charge < -0.3 is 5.32 Å². The molecule has 0 aliphatic heterocycles. The van der Waals surface area contributed by atoms with E-state index in [1.807, 2.05) is 45.0 Å². The van der Waals surface area contributed by atoms with Crippen molar-refractivity contribution in [2.75, 3.05) is 5.32 Å². The summed E-state index contributed by atoms with van der Waals surface area (Å²) in [7, 11) is 0. The van der Waals surface area contributed by atoms with Crippen molar-refractivity contribution in [3.63, 3.8) is 0 Å². The predicted molar refractivity (Wildman–Crippen MR) is 80.1 cm³/mol. The minimum Gasteiger partial charge on any atom is -0.319 e. The van der Waals surface area contributed by atoms with Crippen LogP contribution in [0.5, 0.6) is 0 Å². The van der Waals surface area contributed by atoms with E-state index < -0.39 is 11.7 Å². The third kappa shape index (κ3) is 3.12. The van der Waals surface area contributed by atoms with Gasteiger partial charge in [-0.2, -0.15) is 0 Å². The molecule has 1 N–H and O–H groups in total. The van der Waals surface area contributed by atoms with Crippen LogP contribution < -0.4 is 5.32 Å². The first-order chi connectivity index (χ1) is 9.47. The third-order valence-corrected chi connectivity index (χ3v) is 3.14. The lowest BCUT2D eigenvalue weighted by Gasteiger charge is -2.07. The number of amides is 1. The van der Waals surface area contributed by atoms with Crippen LogP contribution >= 0.6 is 0 Å². The molecule has 3 heteroatoms. The van der Waals surface area contributed by atoms with Gasteiger partial charge in [0.05, 0.1) is 0 Å². The highest BCUT2D eigenvalue weighted by Crippen LogP contribution is 2.13. The smallest absolute Gasteiger partial charge is 0.296 e. The topological polar surface area (TPSA) is 46.2 Å². The molecule has 0 aliphatic carbocycles. The van der Waals surface area contributed by atoms with Crippen LogP contribution in [0.2, 0.25) is 0 Å². The normalized spacial score (nSPS) is 10.2. The van der Waals surface area contributed by atoms with E-state index in [4.69, 9.17) is 0 Å². The largest absolute Gasteiger partial charge is 0.319 e. The lowest BCUT2D eigenvalue weighted by atomic mass is 10.0. The zero-order valence-electron chi connectivity index (χ0n) is 11.9. The van der Waals surface area contributed by atoms with Gasteiger partial charge >= 0.3 is 0 Å². The SMILES string of the molecule is Cc1ccc(NC(=O)C(=O)c2ccc(C)cc2C)cc1. The number of aryl methyl sites for hydroxylation is 3. The molecule has 0 atom stereocenters. The van der Waals surface area contributed by atoms with Gasteiger partial charge in [0.25, 0.3) is 11.7 Å². The molecule has 0 heterocycles. The lowest BCUT2D eigenvalue weighted by molar-refractivity contribution is -0.112. The van der Waals surface area contributed by atoms with Gasteiger partial charge in [0.15, 0.2) is 0 Å². The maximum Gasteiger partial charge on any atom is 0.296 e. The summed E-state index contributed by atoms with van der Waals surface area (Å²) in [6.07, 6.45) is 0. The Morgan fingerprint density at radius 2 is 1.45 bits per heavy atom. The van der Waals surface area contributed by atoms with Crippen LogP contribution in [0.1, 0.15) is 27.0 Å². The minimum absolute atomic E-state index is 0.445. The average Bonchev–Trinajstić information content (AvgIpc) is 2.40. The average molecular weight is 267 g/mol. The molecule has 102 valence electrons. The van der Waals surface area contributed by atoms with E-state index in [9.17, 15) is 9.59 Å². The Balaban J connectivity index is 2.16. The molecule has 0 aromatic heterocycles. The fraction of sp³-hybridized carbons (Fsp3) is 0.176. The van der Waals surface area contributed by atoms with Crippen molar-refractivity contribution >= 4 is 17.4 Å².